The maximum absolute atomic E-state index is 13.5. The number of hydrogen-bond acceptors (Lipinski definition) is 6. The number of carboxylic acid groups (broad SMARTS) is 1. The highest BCUT2D eigenvalue weighted by Crippen LogP contribution is 2.19. The molecule has 9 N–H and O–H groups in total. The lowest BCUT2D eigenvalue weighted by Crippen LogP contribution is -2.60. The van der Waals surface area contributed by atoms with Gasteiger partial charge in [0.1, 0.15) is 18.1 Å². The number of carbonyl (C=O) groups is 4. The van der Waals surface area contributed by atoms with Gasteiger partial charge in [0.15, 0.2) is 0 Å². The van der Waals surface area contributed by atoms with Crippen molar-refractivity contribution < 1.29 is 24.3 Å². The summed E-state index contributed by atoms with van der Waals surface area (Å²) >= 11 is 0. The number of aromatic nitrogens is 1. The molecule has 0 bridgehead atoms. The molecule has 0 saturated carbocycles. The molecule has 6 atom stereocenters. The minimum Gasteiger partial charge on any atom is -0.480 e. The third kappa shape index (κ3) is 9.06. The zero-order valence-electron chi connectivity index (χ0n) is 24.0. The predicted octanol–water partition coefficient (Wildman–Crippen LogP) is 1.80. The fraction of sp³-hybridized carbons (Fsp3) is 0.586. The van der Waals surface area contributed by atoms with Crippen LogP contribution in [0.25, 0.3) is 10.9 Å². The molecule has 1 aromatic carbocycles. The van der Waals surface area contributed by atoms with Crippen molar-refractivity contribution in [2.75, 3.05) is 6.54 Å². The van der Waals surface area contributed by atoms with E-state index in [1.165, 1.54) is 0 Å². The number of benzene rings is 1. The quantitative estimate of drug-likeness (QED) is 0.144. The summed E-state index contributed by atoms with van der Waals surface area (Å²) in [6.07, 6.45) is 4.70. The third-order valence-electron chi connectivity index (χ3n) is 7.60. The number of aliphatic carboxylic acids is 1. The number of para-hydroxylation sites is 1. The van der Waals surface area contributed by atoms with Crippen LogP contribution in [-0.2, 0) is 25.6 Å². The van der Waals surface area contributed by atoms with Gasteiger partial charge in [-0.1, -0.05) is 58.7 Å². The molecule has 0 spiro atoms. The highest BCUT2D eigenvalue weighted by molar-refractivity contribution is 5.94. The van der Waals surface area contributed by atoms with Crippen LogP contribution in [0.1, 0.15) is 65.4 Å². The lowest BCUT2D eigenvalue weighted by atomic mass is 9.94. The van der Waals surface area contributed by atoms with E-state index in [1.807, 2.05) is 58.2 Å². The minimum atomic E-state index is -1.14. The zero-order valence-corrected chi connectivity index (χ0v) is 24.0. The molecule has 6 unspecified atom stereocenters. The molecular weight excluding hydrogens is 512 g/mol. The van der Waals surface area contributed by atoms with Gasteiger partial charge in [0, 0.05) is 17.1 Å². The smallest absolute Gasteiger partial charge is 0.326 e. The number of H-pyrrole nitrogens is 1. The Bertz CT molecular complexity index is 1140. The number of nitrogens with one attached hydrogen (secondary N) is 4. The Morgan fingerprint density at radius 3 is 2.05 bits per heavy atom. The summed E-state index contributed by atoms with van der Waals surface area (Å²) in [6, 6.07) is 3.85. The molecule has 2 aromatic rings. The highest BCUT2D eigenvalue weighted by atomic mass is 16.4. The van der Waals surface area contributed by atoms with E-state index in [2.05, 4.69) is 20.9 Å². The first kappa shape index (κ1) is 32.8. The van der Waals surface area contributed by atoms with Crippen LogP contribution in [0.4, 0.5) is 0 Å². The summed E-state index contributed by atoms with van der Waals surface area (Å²) < 4.78 is 0. The molecule has 11 nitrogen and oxygen atoms in total. The topological polar surface area (TPSA) is 192 Å². The molecule has 0 aliphatic carbocycles. The molecular formula is C29H46N6O5. The first-order valence-corrected chi connectivity index (χ1v) is 14.2. The van der Waals surface area contributed by atoms with Crippen LogP contribution in [0.3, 0.4) is 0 Å². The van der Waals surface area contributed by atoms with Crippen LogP contribution in [-0.4, -0.2) is 64.5 Å². The standard InChI is InChI=1S/C29H46N6O5/c1-5-17(3)24(27(37)33-23(29(39)40)13-9-10-14-30)35-28(38)25(18(4)6-2)34-26(36)21(31)15-19-16-32-22-12-8-7-11-20(19)22/h7-8,11-12,16-18,21,23-25,32H,5-6,9-10,13-15,30-31H2,1-4H3,(H,33,37)(H,34,36)(H,35,38)(H,39,40). The number of fused-ring (bicyclic) bond motifs is 1. The first-order valence-electron chi connectivity index (χ1n) is 14.2. The first-order chi connectivity index (χ1) is 19.0. The Labute approximate surface area is 236 Å². The second kappa shape index (κ2) is 16.0. The lowest BCUT2D eigenvalue weighted by Gasteiger charge is -2.30. The van der Waals surface area contributed by atoms with Gasteiger partial charge in [0.05, 0.1) is 6.04 Å². The number of rotatable bonds is 17. The summed E-state index contributed by atoms with van der Waals surface area (Å²) in [5.74, 6) is -3.23. The van der Waals surface area contributed by atoms with E-state index >= 15 is 0 Å². The van der Waals surface area contributed by atoms with Gasteiger partial charge in [0.25, 0.3) is 0 Å². The summed E-state index contributed by atoms with van der Waals surface area (Å²) in [5, 5.41) is 18.7. The molecule has 0 saturated heterocycles. The molecule has 0 radical (unpaired) electrons. The maximum atomic E-state index is 13.5. The zero-order chi connectivity index (χ0) is 29.8. The van der Waals surface area contributed by atoms with Crippen LogP contribution >= 0.6 is 0 Å². The minimum absolute atomic E-state index is 0.235. The van der Waals surface area contributed by atoms with Crippen molar-refractivity contribution in [3.8, 4) is 0 Å². The van der Waals surface area contributed by atoms with Crippen LogP contribution in [0.15, 0.2) is 30.5 Å². The van der Waals surface area contributed by atoms with Gasteiger partial charge in [-0.25, -0.2) is 4.79 Å². The molecule has 1 aromatic heterocycles. The number of unbranched alkanes of at least 4 members (excludes halogenated alkanes) is 1. The van der Waals surface area contributed by atoms with Gasteiger partial charge in [-0.3, -0.25) is 14.4 Å². The normalized spacial score (nSPS) is 15.8. The largest absolute Gasteiger partial charge is 0.480 e. The van der Waals surface area contributed by atoms with E-state index in [1.54, 1.807) is 0 Å². The van der Waals surface area contributed by atoms with E-state index in [4.69, 9.17) is 11.5 Å². The van der Waals surface area contributed by atoms with E-state index in [9.17, 15) is 24.3 Å². The van der Waals surface area contributed by atoms with Gasteiger partial charge in [0.2, 0.25) is 17.7 Å². The fourth-order valence-electron chi connectivity index (χ4n) is 4.55. The molecule has 0 aliphatic rings. The summed E-state index contributed by atoms with van der Waals surface area (Å²) in [5.41, 5.74) is 13.6. The van der Waals surface area contributed by atoms with Crippen molar-refractivity contribution in [2.45, 2.75) is 90.4 Å². The Balaban J connectivity index is 2.14. The van der Waals surface area contributed by atoms with E-state index in [0.717, 1.165) is 16.5 Å². The Hall–Kier alpha value is -3.44. The number of carboxylic acids is 1. The molecule has 11 heteroatoms. The maximum Gasteiger partial charge on any atom is 0.326 e. The SMILES string of the molecule is CCC(C)C(NC(=O)C(N)Cc1c[nH]c2ccccc12)C(=O)NC(C(=O)NC(CCCCN)C(=O)O)C(C)CC. The van der Waals surface area contributed by atoms with Crippen molar-refractivity contribution in [3.63, 3.8) is 0 Å². The Morgan fingerprint density at radius 2 is 1.48 bits per heavy atom. The average Bonchev–Trinajstić information content (AvgIpc) is 3.35. The second-order valence-electron chi connectivity index (χ2n) is 10.6. The number of aromatic amines is 1. The van der Waals surface area contributed by atoms with Gasteiger partial charge in [-0.15, -0.1) is 0 Å². The fourth-order valence-corrected chi connectivity index (χ4v) is 4.55. The number of amides is 3. The van der Waals surface area contributed by atoms with Crippen LogP contribution in [0.2, 0.25) is 0 Å². The molecule has 2 rings (SSSR count). The third-order valence-corrected chi connectivity index (χ3v) is 7.60. The van der Waals surface area contributed by atoms with E-state index in [0.29, 0.717) is 32.2 Å². The van der Waals surface area contributed by atoms with Gasteiger partial charge in [-0.05, 0) is 55.7 Å². The van der Waals surface area contributed by atoms with Crippen LogP contribution < -0.4 is 27.4 Å². The summed E-state index contributed by atoms with van der Waals surface area (Å²) in [7, 11) is 0. The second-order valence-corrected chi connectivity index (χ2v) is 10.6. The predicted molar refractivity (Wildman–Crippen MR) is 155 cm³/mol. The lowest BCUT2D eigenvalue weighted by molar-refractivity contribution is -0.143. The molecule has 222 valence electrons. The summed E-state index contributed by atoms with van der Waals surface area (Å²) in [4.78, 5) is 54.7. The monoisotopic (exact) mass is 558 g/mol. The van der Waals surface area contributed by atoms with Gasteiger partial charge in [-0.2, -0.15) is 0 Å². The Morgan fingerprint density at radius 1 is 0.900 bits per heavy atom. The number of hydrogen-bond donors (Lipinski definition) is 7. The van der Waals surface area contributed by atoms with Crippen molar-refractivity contribution in [2.24, 2.45) is 23.3 Å². The van der Waals surface area contributed by atoms with E-state index in [-0.39, 0.29) is 24.7 Å². The molecule has 3 amide bonds. The Kier molecular flexibility index (Phi) is 13.1. The summed E-state index contributed by atoms with van der Waals surface area (Å²) in [6.45, 7) is 7.86. The molecule has 0 aliphatic heterocycles. The highest BCUT2D eigenvalue weighted by Gasteiger charge is 2.34. The average molecular weight is 559 g/mol. The van der Waals surface area contributed by atoms with Crippen molar-refractivity contribution in [1.82, 2.24) is 20.9 Å². The molecule has 0 fully saturated rings. The number of carbonyl (C=O) groups excluding carboxylic acids is 3. The molecule has 40 heavy (non-hydrogen) atoms. The number of nitrogens with two attached hydrogens (primary N) is 2. The van der Waals surface area contributed by atoms with Crippen molar-refractivity contribution in [1.29, 1.82) is 0 Å². The molecule has 1 heterocycles. The van der Waals surface area contributed by atoms with Crippen molar-refractivity contribution >= 4 is 34.6 Å². The van der Waals surface area contributed by atoms with Crippen LogP contribution in [0, 0.1) is 11.8 Å². The van der Waals surface area contributed by atoms with Gasteiger partial charge >= 0.3 is 5.97 Å². The van der Waals surface area contributed by atoms with Crippen LogP contribution in [0.5, 0.6) is 0 Å². The van der Waals surface area contributed by atoms with Gasteiger partial charge < -0.3 is 37.5 Å². The van der Waals surface area contributed by atoms with Crippen molar-refractivity contribution in [3.05, 3.63) is 36.0 Å². The van der Waals surface area contributed by atoms with E-state index < -0.39 is 47.9 Å².